The third-order valence-electron chi connectivity index (χ3n) is 2.63. The number of carbonyl (C=O) groups excluding carboxylic acids is 1. The molecule has 7 heteroatoms. The molecule has 1 heterocycles. The standard InChI is InChI=1S/C10H18N2O5/c1-17-4-2-3-11-10(16)12-6-7(13)5-8(12)9(14)15/h7-8,13H,2-6H2,1H3,(H,11,16)(H,14,15). The second-order valence-electron chi connectivity index (χ2n) is 3.97. The fourth-order valence-electron chi connectivity index (χ4n) is 1.79. The molecule has 2 atom stereocenters. The van der Waals surface area contributed by atoms with Crippen molar-refractivity contribution in [1.29, 1.82) is 0 Å². The van der Waals surface area contributed by atoms with Gasteiger partial charge >= 0.3 is 12.0 Å². The SMILES string of the molecule is COCCCNC(=O)N1CC(O)CC1C(=O)O. The first-order valence-corrected chi connectivity index (χ1v) is 5.50. The van der Waals surface area contributed by atoms with Crippen molar-refractivity contribution in [2.45, 2.75) is 25.0 Å². The van der Waals surface area contributed by atoms with Crippen LogP contribution in [0.2, 0.25) is 0 Å². The number of carboxylic acids is 1. The highest BCUT2D eigenvalue weighted by atomic mass is 16.5. The Morgan fingerprint density at radius 2 is 2.24 bits per heavy atom. The van der Waals surface area contributed by atoms with Gasteiger partial charge < -0.3 is 25.2 Å². The lowest BCUT2D eigenvalue weighted by molar-refractivity contribution is -0.141. The lowest BCUT2D eigenvalue weighted by Gasteiger charge is -2.21. The molecule has 0 bridgehead atoms. The molecule has 98 valence electrons. The first-order chi connectivity index (χ1) is 8.06. The van der Waals surface area contributed by atoms with Gasteiger partial charge in [0.05, 0.1) is 6.10 Å². The average molecular weight is 246 g/mol. The molecule has 0 spiro atoms. The molecule has 2 unspecified atom stereocenters. The van der Waals surface area contributed by atoms with E-state index in [0.717, 1.165) is 4.90 Å². The highest BCUT2D eigenvalue weighted by molar-refractivity contribution is 5.83. The summed E-state index contributed by atoms with van der Waals surface area (Å²) in [4.78, 5) is 23.7. The Morgan fingerprint density at radius 3 is 2.82 bits per heavy atom. The number of nitrogens with one attached hydrogen (secondary N) is 1. The molecule has 2 amide bonds. The molecule has 0 aromatic rings. The number of carbonyl (C=O) groups is 2. The minimum Gasteiger partial charge on any atom is -0.480 e. The summed E-state index contributed by atoms with van der Waals surface area (Å²) in [5.74, 6) is -1.09. The topological polar surface area (TPSA) is 99.1 Å². The Labute approximate surface area is 99.4 Å². The van der Waals surface area contributed by atoms with Gasteiger partial charge in [0.1, 0.15) is 6.04 Å². The number of nitrogens with zero attached hydrogens (tertiary/aromatic N) is 1. The van der Waals surface area contributed by atoms with Gasteiger partial charge in [-0.3, -0.25) is 0 Å². The molecule has 1 aliphatic rings. The predicted molar refractivity (Wildman–Crippen MR) is 58.6 cm³/mol. The molecule has 1 fully saturated rings. The average Bonchev–Trinajstić information content (AvgIpc) is 2.66. The Bertz CT molecular complexity index is 284. The third kappa shape index (κ3) is 3.86. The van der Waals surface area contributed by atoms with Crippen molar-refractivity contribution >= 4 is 12.0 Å². The van der Waals surface area contributed by atoms with Gasteiger partial charge in [-0.1, -0.05) is 0 Å². The van der Waals surface area contributed by atoms with Gasteiger partial charge in [-0.15, -0.1) is 0 Å². The van der Waals surface area contributed by atoms with Crippen LogP contribution in [0.25, 0.3) is 0 Å². The number of carboxylic acid groups (broad SMARTS) is 1. The summed E-state index contributed by atoms with van der Waals surface area (Å²) in [7, 11) is 1.57. The Balaban J connectivity index is 2.41. The number of aliphatic hydroxyl groups excluding tert-OH is 1. The van der Waals surface area contributed by atoms with E-state index in [4.69, 9.17) is 9.84 Å². The molecule has 1 rings (SSSR count). The zero-order valence-electron chi connectivity index (χ0n) is 9.76. The van der Waals surface area contributed by atoms with Crippen LogP contribution >= 0.6 is 0 Å². The lowest BCUT2D eigenvalue weighted by Crippen LogP contribution is -2.46. The van der Waals surface area contributed by atoms with Crippen molar-refractivity contribution in [3.63, 3.8) is 0 Å². The number of rotatable bonds is 5. The van der Waals surface area contributed by atoms with Crippen molar-refractivity contribution in [1.82, 2.24) is 10.2 Å². The number of aliphatic carboxylic acids is 1. The van der Waals surface area contributed by atoms with Gasteiger partial charge in [-0.2, -0.15) is 0 Å². The maximum atomic E-state index is 11.7. The van der Waals surface area contributed by atoms with Gasteiger partial charge in [0, 0.05) is 33.2 Å². The highest BCUT2D eigenvalue weighted by Gasteiger charge is 2.38. The number of hydrogen-bond donors (Lipinski definition) is 3. The van der Waals surface area contributed by atoms with E-state index in [1.165, 1.54) is 0 Å². The number of β-amino-alcohol motifs (C(OH)–C–C–N with tert-alkyl or cyclic N) is 1. The Hall–Kier alpha value is -1.34. The van der Waals surface area contributed by atoms with Gasteiger partial charge in [-0.25, -0.2) is 9.59 Å². The number of methoxy groups -OCH3 is 1. The van der Waals surface area contributed by atoms with E-state index in [9.17, 15) is 14.7 Å². The number of hydrogen-bond acceptors (Lipinski definition) is 4. The second kappa shape index (κ2) is 6.41. The summed E-state index contributed by atoms with van der Waals surface area (Å²) in [5, 5.41) is 20.9. The van der Waals surface area contributed by atoms with Crippen LogP contribution in [0.15, 0.2) is 0 Å². The van der Waals surface area contributed by atoms with E-state index in [1.54, 1.807) is 7.11 Å². The Kier molecular flexibility index (Phi) is 5.17. The van der Waals surface area contributed by atoms with Crippen LogP contribution in [0.5, 0.6) is 0 Å². The molecule has 17 heavy (non-hydrogen) atoms. The first kappa shape index (κ1) is 13.7. The first-order valence-electron chi connectivity index (χ1n) is 5.50. The van der Waals surface area contributed by atoms with E-state index in [-0.39, 0.29) is 13.0 Å². The minimum atomic E-state index is -1.09. The molecule has 1 saturated heterocycles. The summed E-state index contributed by atoms with van der Waals surface area (Å²) in [6.07, 6.45) is -0.0159. The van der Waals surface area contributed by atoms with Crippen molar-refractivity contribution < 1.29 is 24.5 Å². The van der Waals surface area contributed by atoms with Crippen LogP contribution in [0.4, 0.5) is 4.79 Å². The summed E-state index contributed by atoms with van der Waals surface area (Å²) in [6, 6.07) is -1.39. The van der Waals surface area contributed by atoms with Gasteiger partial charge in [0.15, 0.2) is 0 Å². The molecule has 3 N–H and O–H groups in total. The second-order valence-corrected chi connectivity index (χ2v) is 3.97. The van der Waals surface area contributed by atoms with Crippen LogP contribution in [-0.4, -0.2) is 66.1 Å². The van der Waals surface area contributed by atoms with Crippen molar-refractivity contribution in [2.75, 3.05) is 26.8 Å². The molecule has 0 saturated carbocycles. The van der Waals surface area contributed by atoms with E-state index in [2.05, 4.69) is 5.32 Å². The largest absolute Gasteiger partial charge is 0.480 e. The van der Waals surface area contributed by atoms with Gasteiger partial charge in [-0.05, 0) is 6.42 Å². The zero-order valence-corrected chi connectivity index (χ0v) is 9.76. The number of ether oxygens (including phenoxy) is 1. The number of urea groups is 1. The molecule has 7 nitrogen and oxygen atoms in total. The summed E-state index contributed by atoms with van der Waals surface area (Å²) >= 11 is 0. The van der Waals surface area contributed by atoms with Crippen molar-refractivity contribution in [3.8, 4) is 0 Å². The van der Waals surface area contributed by atoms with Gasteiger partial charge in [0.2, 0.25) is 0 Å². The lowest BCUT2D eigenvalue weighted by atomic mass is 10.2. The highest BCUT2D eigenvalue weighted by Crippen LogP contribution is 2.17. The summed E-state index contributed by atoms with van der Waals surface area (Å²) < 4.78 is 4.83. The molecular weight excluding hydrogens is 228 g/mol. The van der Waals surface area contributed by atoms with Crippen molar-refractivity contribution in [2.24, 2.45) is 0 Å². The molecule has 0 radical (unpaired) electrons. The molecular formula is C10H18N2O5. The smallest absolute Gasteiger partial charge is 0.326 e. The van der Waals surface area contributed by atoms with Crippen molar-refractivity contribution in [3.05, 3.63) is 0 Å². The Morgan fingerprint density at radius 1 is 1.53 bits per heavy atom. The molecule has 0 aliphatic carbocycles. The van der Waals surface area contributed by atoms with E-state index >= 15 is 0 Å². The van der Waals surface area contributed by atoms with Crippen LogP contribution < -0.4 is 5.32 Å². The van der Waals surface area contributed by atoms with E-state index < -0.39 is 24.1 Å². The van der Waals surface area contributed by atoms with Crippen LogP contribution in [0.3, 0.4) is 0 Å². The maximum absolute atomic E-state index is 11.7. The fourth-order valence-corrected chi connectivity index (χ4v) is 1.79. The molecule has 1 aliphatic heterocycles. The maximum Gasteiger partial charge on any atom is 0.326 e. The monoisotopic (exact) mass is 246 g/mol. The van der Waals surface area contributed by atoms with E-state index in [0.29, 0.717) is 19.6 Å². The number of likely N-dealkylation sites (tertiary alicyclic amines) is 1. The predicted octanol–water partition coefficient (Wildman–Crippen LogP) is -0.748. The minimum absolute atomic E-state index is 0.0626. The number of amides is 2. The number of aliphatic hydroxyl groups is 1. The molecule has 0 aromatic heterocycles. The normalized spacial score (nSPS) is 23.8. The fraction of sp³-hybridized carbons (Fsp3) is 0.800. The quantitative estimate of drug-likeness (QED) is 0.554. The third-order valence-corrected chi connectivity index (χ3v) is 2.63. The zero-order chi connectivity index (χ0) is 12.8. The van der Waals surface area contributed by atoms with Crippen LogP contribution in [-0.2, 0) is 9.53 Å². The van der Waals surface area contributed by atoms with Crippen LogP contribution in [0, 0.1) is 0 Å². The molecule has 0 aromatic carbocycles. The summed E-state index contributed by atoms with van der Waals surface area (Å²) in [5.41, 5.74) is 0. The van der Waals surface area contributed by atoms with Gasteiger partial charge in [0.25, 0.3) is 0 Å². The summed E-state index contributed by atoms with van der Waals surface area (Å²) in [6.45, 7) is 1.02. The van der Waals surface area contributed by atoms with E-state index in [1.807, 2.05) is 0 Å². The van der Waals surface area contributed by atoms with Crippen LogP contribution in [0.1, 0.15) is 12.8 Å².